The highest BCUT2D eigenvalue weighted by Crippen LogP contribution is 2.19. The van der Waals surface area contributed by atoms with E-state index in [2.05, 4.69) is 20.5 Å². The van der Waals surface area contributed by atoms with Crippen LogP contribution < -0.4 is 5.32 Å². The van der Waals surface area contributed by atoms with Gasteiger partial charge in [0.1, 0.15) is 6.33 Å². The van der Waals surface area contributed by atoms with Crippen LogP contribution in [0, 0.1) is 0 Å². The Labute approximate surface area is 117 Å². The van der Waals surface area contributed by atoms with Crippen molar-refractivity contribution in [3.05, 3.63) is 48.5 Å². The lowest BCUT2D eigenvalue weighted by Crippen LogP contribution is -2.05. The van der Waals surface area contributed by atoms with Crippen molar-refractivity contribution >= 4 is 5.69 Å². The molecule has 0 aliphatic carbocycles. The largest absolute Gasteiger partial charge is 0.379 e. The summed E-state index contributed by atoms with van der Waals surface area (Å²) in [4.78, 5) is 4.26. The second kappa shape index (κ2) is 5.16. The molecule has 6 heteroatoms. The zero-order chi connectivity index (χ0) is 13.9. The predicted molar refractivity (Wildman–Crippen MR) is 77.0 cm³/mol. The van der Waals surface area contributed by atoms with E-state index in [1.165, 1.54) is 0 Å². The number of benzene rings is 1. The normalized spacial score (nSPS) is 10.7. The molecule has 0 aliphatic heterocycles. The van der Waals surface area contributed by atoms with Gasteiger partial charge in [-0.2, -0.15) is 10.2 Å². The van der Waals surface area contributed by atoms with E-state index in [0.29, 0.717) is 0 Å². The third kappa shape index (κ3) is 2.54. The van der Waals surface area contributed by atoms with Gasteiger partial charge in [-0.3, -0.25) is 9.36 Å². The van der Waals surface area contributed by atoms with Crippen LogP contribution >= 0.6 is 0 Å². The van der Waals surface area contributed by atoms with Crippen LogP contribution in [0.5, 0.6) is 0 Å². The molecule has 0 amide bonds. The summed E-state index contributed by atoms with van der Waals surface area (Å²) in [7, 11) is 3.80. The van der Waals surface area contributed by atoms with Gasteiger partial charge in [0.25, 0.3) is 0 Å². The highest BCUT2D eigenvalue weighted by molar-refractivity contribution is 5.62. The Morgan fingerprint density at radius 1 is 1.20 bits per heavy atom. The van der Waals surface area contributed by atoms with Gasteiger partial charge in [0.15, 0.2) is 5.82 Å². The van der Waals surface area contributed by atoms with E-state index in [4.69, 9.17) is 0 Å². The molecular weight excluding hydrogens is 252 g/mol. The zero-order valence-electron chi connectivity index (χ0n) is 11.5. The van der Waals surface area contributed by atoms with E-state index >= 15 is 0 Å². The topological polar surface area (TPSA) is 60.6 Å². The average molecular weight is 268 g/mol. The first-order valence-electron chi connectivity index (χ1n) is 6.39. The minimum Gasteiger partial charge on any atom is -0.379 e. The molecule has 0 radical (unpaired) electrons. The van der Waals surface area contributed by atoms with Gasteiger partial charge >= 0.3 is 0 Å². The molecule has 1 aromatic carbocycles. The quantitative estimate of drug-likeness (QED) is 0.784. The van der Waals surface area contributed by atoms with E-state index in [1.54, 1.807) is 17.2 Å². The van der Waals surface area contributed by atoms with Crippen molar-refractivity contribution in [1.29, 1.82) is 0 Å². The van der Waals surface area contributed by atoms with E-state index in [1.807, 2.05) is 49.1 Å². The molecule has 0 saturated heterocycles. The Morgan fingerprint density at radius 2 is 2.10 bits per heavy atom. The maximum absolute atomic E-state index is 4.31. The average Bonchev–Trinajstić information content (AvgIpc) is 3.06. The van der Waals surface area contributed by atoms with Gasteiger partial charge in [-0.25, -0.2) is 4.98 Å². The van der Waals surface area contributed by atoms with Gasteiger partial charge in [0, 0.05) is 31.5 Å². The molecule has 3 rings (SSSR count). The Bertz CT molecular complexity index is 712. The van der Waals surface area contributed by atoms with Gasteiger partial charge < -0.3 is 5.32 Å². The number of aryl methyl sites for hydroxylation is 2. The number of rotatable bonds is 4. The van der Waals surface area contributed by atoms with Crippen molar-refractivity contribution in [2.24, 2.45) is 14.1 Å². The summed E-state index contributed by atoms with van der Waals surface area (Å²) in [5.74, 6) is 0.733. The number of nitrogens with zero attached hydrogens (tertiary/aromatic N) is 5. The molecule has 2 heterocycles. The van der Waals surface area contributed by atoms with Crippen molar-refractivity contribution in [3.8, 4) is 11.4 Å². The van der Waals surface area contributed by atoms with Crippen LogP contribution in [0.3, 0.4) is 0 Å². The lowest BCUT2D eigenvalue weighted by Gasteiger charge is -2.07. The van der Waals surface area contributed by atoms with Crippen molar-refractivity contribution in [1.82, 2.24) is 24.5 Å². The molecule has 0 fully saturated rings. The van der Waals surface area contributed by atoms with E-state index < -0.39 is 0 Å². The molecule has 0 spiro atoms. The molecule has 20 heavy (non-hydrogen) atoms. The second-order valence-corrected chi connectivity index (χ2v) is 4.62. The van der Waals surface area contributed by atoms with Crippen molar-refractivity contribution in [2.75, 3.05) is 5.32 Å². The molecule has 0 aliphatic rings. The van der Waals surface area contributed by atoms with Crippen molar-refractivity contribution in [2.45, 2.75) is 6.54 Å². The first-order chi connectivity index (χ1) is 9.72. The minimum atomic E-state index is 0.732. The molecule has 0 unspecified atom stereocenters. The second-order valence-electron chi connectivity index (χ2n) is 4.62. The van der Waals surface area contributed by atoms with Gasteiger partial charge in [-0.1, -0.05) is 12.1 Å². The SMILES string of the molecule is Cn1cnc(-c2cccc(NCc3ccnn3C)c2)n1. The Hall–Kier alpha value is -2.63. The monoisotopic (exact) mass is 268 g/mol. The molecule has 2 aromatic heterocycles. The van der Waals surface area contributed by atoms with E-state index in [9.17, 15) is 0 Å². The Kier molecular flexibility index (Phi) is 3.20. The Balaban J connectivity index is 1.76. The lowest BCUT2D eigenvalue weighted by atomic mass is 10.2. The molecule has 3 aromatic rings. The van der Waals surface area contributed by atoms with Gasteiger partial charge in [0.05, 0.1) is 12.2 Å². The Morgan fingerprint density at radius 3 is 2.80 bits per heavy atom. The molecule has 0 atom stereocenters. The molecule has 6 nitrogen and oxygen atoms in total. The summed E-state index contributed by atoms with van der Waals surface area (Å²) in [6.45, 7) is 0.732. The number of hydrogen-bond donors (Lipinski definition) is 1. The first-order valence-corrected chi connectivity index (χ1v) is 6.39. The van der Waals surface area contributed by atoms with Crippen LogP contribution in [0.15, 0.2) is 42.9 Å². The van der Waals surface area contributed by atoms with Crippen molar-refractivity contribution in [3.63, 3.8) is 0 Å². The van der Waals surface area contributed by atoms with Crippen LogP contribution in [0.4, 0.5) is 5.69 Å². The smallest absolute Gasteiger partial charge is 0.181 e. The fourth-order valence-corrected chi connectivity index (χ4v) is 2.01. The van der Waals surface area contributed by atoms with Gasteiger partial charge in [0.2, 0.25) is 0 Å². The highest BCUT2D eigenvalue weighted by atomic mass is 15.3. The maximum Gasteiger partial charge on any atom is 0.181 e. The van der Waals surface area contributed by atoms with E-state index in [0.717, 1.165) is 29.3 Å². The standard InChI is InChI=1S/C14H16N6/c1-19-10-16-14(18-19)11-4-3-5-12(8-11)15-9-13-6-7-17-20(13)2/h3-8,10,15H,9H2,1-2H3. The van der Waals surface area contributed by atoms with Crippen molar-refractivity contribution < 1.29 is 0 Å². The van der Waals surface area contributed by atoms with Gasteiger partial charge in [-0.05, 0) is 18.2 Å². The maximum atomic E-state index is 4.31. The third-order valence-corrected chi connectivity index (χ3v) is 3.12. The molecule has 1 N–H and O–H groups in total. The zero-order valence-corrected chi connectivity index (χ0v) is 11.5. The fraction of sp³-hybridized carbons (Fsp3) is 0.214. The summed E-state index contributed by atoms with van der Waals surface area (Å²) in [6, 6.07) is 10.1. The van der Waals surface area contributed by atoms with Crippen LogP contribution in [0.2, 0.25) is 0 Å². The summed E-state index contributed by atoms with van der Waals surface area (Å²) in [5.41, 5.74) is 3.17. The number of anilines is 1. The van der Waals surface area contributed by atoms with Crippen LogP contribution in [-0.4, -0.2) is 24.5 Å². The minimum absolute atomic E-state index is 0.732. The van der Waals surface area contributed by atoms with E-state index in [-0.39, 0.29) is 0 Å². The molecule has 0 saturated carbocycles. The number of hydrogen-bond acceptors (Lipinski definition) is 4. The highest BCUT2D eigenvalue weighted by Gasteiger charge is 2.04. The molecule has 0 bridgehead atoms. The summed E-state index contributed by atoms with van der Waals surface area (Å²) in [5, 5.41) is 11.8. The van der Waals surface area contributed by atoms with Gasteiger partial charge in [-0.15, -0.1) is 0 Å². The summed E-state index contributed by atoms with van der Waals surface area (Å²) < 4.78 is 3.56. The van der Waals surface area contributed by atoms with Crippen LogP contribution in [-0.2, 0) is 20.6 Å². The third-order valence-electron chi connectivity index (χ3n) is 3.12. The molecule has 102 valence electrons. The number of aromatic nitrogens is 5. The lowest BCUT2D eigenvalue weighted by molar-refractivity contribution is 0.720. The van der Waals surface area contributed by atoms with Crippen LogP contribution in [0.1, 0.15) is 5.69 Å². The summed E-state index contributed by atoms with van der Waals surface area (Å²) in [6.07, 6.45) is 3.50. The predicted octanol–water partition coefficient (Wildman–Crippen LogP) is 1.83. The fourth-order valence-electron chi connectivity index (χ4n) is 2.01. The summed E-state index contributed by atoms with van der Waals surface area (Å²) >= 11 is 0. The first kappa shape index (κ1) is 12.4. The number of nitrogens with one attached hydrogen (secondary N) is 1. The molecular formula is C14H16N6. The van der Waals surface area contributed by atoms with Crippen LogP contribution in [0.25, 0.3) is 11.4 Å².